The third-order valence-corrected chi connectivity index (χ3v) is 6.04. The van der Waals surface area contributed by atoms with Crippen molar-refractivity contribution in [3.8, 4) is 23.7 Å². The van der Waals surface area contributed by atoms with Crippen LogP contribution in [0.1, 0.15) is 92.2 Å². The Kier molecular flexibility index (Phi) is 10.6. The maximum absolute atomic E-state index is 14.6. The Hall–Kier alpha value is -3.36. The van der Waals surface area contributed by atoms with Gasteiger partial charge in [-0.3, -0.25) is 0 Å². The predicted octanol–water partition coefficient (Wildman–Crippen LogP) is 8.62. The molecular formula is C33H34F2. The molecule has 0 amide bonds. The molecular weight excluding hydrogens is 434 g/mol. The first-order valence-electron chi connectivity index (χ1n) is 12.8. The summed E-state index contributed by atoms with van der Waals surface area (Å²) >= 11 is 0. The van der Waals surface area contributed by atoms with Crippen LogP contribution in [0.3, 0.4) is 0 Å². The maximum atomic E-state index is 14.6. The zero-order valence-electron chi connectivity index (χ0n) is 20.9. The standard InChI is InChI=1S/C33H34F2/c1-3-5-7-8-9-11-27-14-18-29(19-15-27)21-23-31-25-32(34)30(24-33(31)35)22-20-28-16-12-26(13-17-28)10-6-4-2/h12-19,24-25H,3-11H2,1-2H3. The average molecular weight is 469 g/mol. The first-order chi connectivity index (χ1) is 17.1. The van der Waals surface area contributed by atoms with Gasteiger partial charge in [0.1, 0.15) is 11.6 Å². The summed E-state index contributed by atoms with van der Waals surface area (Å²) in [5.41, 5.74) is 4.17. The first-order valence-corrected chi connectivity index (χ1v) is 12.8. The van der Waals surface area contributed by atoms with Gasteiger partial charge in [-0.1, -0.05) is 93.9 Å². The van der Waals surface area contributed by atoms with Crippen molar-refractivity contribution < 1.29 is 8.78 Å². The molecule has 0 spiro atoms. The molecule has 0 aliphatic heterocycles. The lowest BCUT2D eigenvalue weighted by atomic mass is 10.0. The van der Waals surface area contributed by atoms with Crippen LogP contribution < -0.4 is 0 Å². The van der Waals surface area contributed by atoms with Gasteiger partial charge in [-0.25, -0.2) is 8.78 Å². The monoisotopic (exact) mass is 468 g/mol. The van der Waals surface area contributed by atoms with E-state index in [9.17, 15) is 8.78 Å². The van der Waals surface area contributed by atoms with Crippen molar-refractivity contribution in [2.75, 3.05) is 0 Å². The van der Waals surface area contributed by atoms with Gasteiger partial charge in [0, 0.05) is 11.1 Å². The molecule has 0 atom stereocenters. The lowest BCUT2D eigenvalue weighted by Crippen LogP contribution is -1.92. The lowest BCUT2D eigenvalue weighted by molar-refractivity contribution is 0.594. The van der Waals surface area contributed by atoms with Gasteiger partial charge in [-0.05, 0) is 73.2 Å². The van der Waals surface area contributed by atoms with Crippen LogP contribution in [0.15, 0.2) is 60.7 Å². The molecule has 0 aliphatic rings. The number of unbranched alkanes of at least 4 members (excludes halogenated alkanes) is 5. The Labute approximate surface area is 209 Å². The molecule has 0 unspecified atom stereocenters. The van der Waals surface area contributed by atoms with Crippen molar-refractivity contribution in [2.45, 2.75) is 71.6 Å². The predicted molar refractivity (Wildman–Crippen MR) is 142 cm³/mol. The Morgan fingerprint density at radius 1 is 0.514 bits per heavy atom. The van der Waals surface area contributed by atoms with Gasteiger partial charge in [-0.15, -0.1) is 0 Å². The number of halogens is 2. The van der Waals surface area contributed by atoms with Crippen molar-refractivity contribution in [3.63, 3.8) is 0 Å². The number of benzene rings is 3. The molecule has 3 aromatic carbocycles. The zero-order valence-corrected chi connectivity index (χ0v) is 20.9. The number of hydrogen-bond donors (Lipinski definition) is 0. The van der Waals surface area contributed by atoms with E-state index in [0.29, 0.717) is 0 Å². The molecule has 2 heteroatoms. The molecule has 0 aliphatic carbocycles. The van der Waals surface area contributed by atoms with Gasteiger partial charge < -0.3 is 0 Å². The van der Waals surface area contributed by atoms with Crippen molar-refractivity contribution in [2.24, 2.45) is 0 Å². The Morgan fingerprint density at radius 3 is 1.40 bits per heavy atom. The summed E-state index contributed by atoms with van der Waals surface area (Å²) < 4.78 is 29.2. The highest BCUT2D eigenvalue weighted by Crippen LogP contribution is 2.15. The maximum Gasteiger partial charge on any atom is 0.140 e. The fourth-order valence-corrected chi connectivity index (χ4v) is 3.84. The van der Waals surface area contributed by atoms with Gasteiger partial charge in [-0.2, -0.15) is 0 Å². The van der Waals surface area contributed by atoms with Crippen LogP contribution in [0, 0.1) is 35.3 Å². The van der Waals surface area contributed by atoms with Crippen LogP contribution in [0.5, 0.6) is 0 Å². The SMILES string of the molecule is CCCCCCCc1ccc(C#Cc2cc(F)c(C#Cc3ccc(CCCC)cc3)cc2F)cc1. The summed E-state index contributed by atoms with van der Waals surface area (Å²) in [4.78, 5) is 0. The van der Waals surface area contributed by atoms with Gasteiger partial charge in [0.05, 0.1) is 11.1 Å². The van der Waals surface area contributed by atoms with E-state index in [0.717, 1.165) is 48.9 Å². The van der Waals surface area contributed by atoms with E-state index in [-0.39, 0.29) is 11.1 Å². The van der Waals surface area contributed by atoms with E-state index >= 15 is 0 Å². The molecule has 180 valence electrons. The lowest BCUT2D eigenvalue weighted by Gasteiger charge is -2.02. The third-order valence-electron chi connectivity index (χ3n) is 6.04. The van der Waals surface area contributed by atoms with E-state index in [4.69, 9.17) is 0 Å². The molecule has 0 nitrogen and oxygen atoms in total. The summed E-state index contributed by atoms with van der Waals surface area (Å²) in [6.45, 7) is 4.38. The van der Waals surface area contributed by atoms with E-state index in [1.807, 2.05) is 36.4 Å². The molecule has 0 saturated heterocycles. The van der Waals surface area contributed by atoms with E-state index in [2.05, 4.69) is 49.7 Å². The third kappa shape index (κ3) is 8.73. The second-order valence-electron chi connectivity index (χ2n) is 8.97. The van der Waals surface area contributed by atoms with Gasteiger partial charge in [0.2, 0.25) is 0 Å². The highest BCUT2D eigenvalue weighted by molar-refractivity contribution is 5.49. The van der Waals surface area contributed by atoms with E-state index in [1.54, 1.807) is 0 Å². The fourth-order valence-electron chi connectivity index (χ4n) is 3.84. The second kappa shape index (κ2) is 14.1. The van der Waals surface area contributed by atoms with Crippen molar-refractivity contribution >= 4 is 0 Å². The van der Waals surface area contributed by atoms with Crippen molar-refractivity contribution in [1.82, 2.24) is 0 Å². The average Bonchev–Trinajstić information content (AvgIpc) is 2.88. The summed E-state index contributed by atoms with van der Waals surface area (Å²) in [7, 11) is 0. The second-order valence-corrected chi connectivity index (χ2v) is 8.97. The van der Waals surface area contributed by atoms with E-state index in [1.165, 1.54) is 43.2 Å². The smallest absolute Gasteiger partial charge is 0.140 e. The molecule has 0 saturated carbocycles. The molecule has 3 rings (SSSR count). The zero-order chi connectivity index (χ0) is 24.9. The van der Waals surface area contributed by atoms with Crippen LogP contribution in [0.25, 0.3) is 0 Å². The van der Waals surface area contributed by atoms with Crippen LogP contribution in [-0.4, -0.2) is 0 Å². The van der Waals surface area contributed by atoms with Gasteiger partial charge in [0.15, 0.2) is 0 Å². The first kappa shape index (κ1) is 26.2. The topological polar surface area (TPSA) is 0 Å². The summed E-state index contributed by atoms with van der Waals surface area (Å²) in [5, 5.41) is 0. The quantitative estimate of drug-likeness (QED) is 0.218. The molecule has 0 bridgehead atoms. The minimum Gasteiger partial charge on any atom is -0.206 e. The van der Waals surface area contributed by atoms with Crippen LogP contribution in [0.4, 0.5) is 8.78 Å². The molecule has 0 radical (unpaired) electrons. The molecule has 0 fully saturated rings. The van der Waals surface area contributed by atoms with E-state index < -0.39 is 11.6 Å². The number of aryl methyl sites for hydroxylation is 2. The molecule has 0 aromatic heterocycles. The summed E-state index contributed by atoms with van der Waals surface area (Å²) in [6.07, 6.45) is 10.7. The minimum absolute atomic E-state index is 0.0337. The van der Waals surface area contributed by atoms with Gasteiger partial charge in [0.25, 0.3) is 0 Å². The Balaban J connectivity index is 1.63. The highest BCUT2D eigenvalue weighted by atomic mass is 19.1. The fraction of sp³-hybridized carbons (Fsp3) is 0.333. The molecule has 35 heavy (non-hydrogen) atoms. The number of rotatable bonds is 9. The molecule has 3 aromatic rings. The summed E-state index contributed by atoms with van der Waals surface area (Å²) in [5.74, 6) is 10.3. The molecule has 0 N–H and O–H groups in total. The van der Waals surface area contributed by atoms with Gasteiger partial charge >= 0.3 is 0 Å². The normalized spacial score (nSPS) is 10.3. The number of hydrogen-bond acceptors (Lipinski definition) is 0. The minimum atomic E-state index is -0.568. The largest absolute Gasteiger partial charge is 0.206 e. The summed E-state index contributed by atoms with van der Waals surface area (Å²) in [6, 6.07) is 18.2. The van der Waals surface area contributed by atoms with Crippen molar-refractivity contribution in [1.29, 1.82) is 0 Å². The van der Waals surface area contributed by atoms with Crippen LogP contribution >= 0.6 is 0 Å². The van der Waals surface area contributed by atoms with Crippen LogP contribution in [-0.2, 0) is 12.8 Å². The van der Waals surface area contributed by atoms with Crippen LogP contribution in [0.2, 0.25) is 0 Å². The Morgan fingerprint density at radius 2 is 0.943 bits per heavy atom. The highest BCUT2D eigenvalue weighted by Gasteiger charge is 2.07. The molecule has 0 heterocycles. The Bertz CT molecular complexity index is 1200. The van der Waals surface area contributed by atoms with Crippen molar-refractivity contribution in [3.05, 3.63) is 106 Å².